The Kier molecular flexibility index (Phi) is 3.90. The molecule has 0 aliphatic heterocycles. The molecule has 1 aliphatic carbocycles. The van der Waals surface area contributed by atoms with Gasteiger partial charge in [0.2, 0.25) is 5.95 Å². The van der Waals surface area contributed by atoms with Crippen LogP contribution in [0.15, 0.2) is 24.4 Å². The summed E-state index contributed by atoms with van der Waals surface area (Å²) in [5, 5.41) is 3.46. The molecule has 0 atom stereocenters. The lowest BCUT2D eigenvalue weighted by molar-refractivity contribution is 0.506. The maximum Gasteiger partial charge on any atom is 0.203 e. The van der Waals surface area contributed by atoms with Crippen molar-refractivity contribution >= 4 is 5.95 Å². The number of nitrogens with one attached hydrogen (secondary N) is 1. The van der Waals surface area contributed by atoms with Gasteiger partial charge in [-0.3, -0.25) is 0 Å². The summed E-state index contributed by atoms with van der Waals surface area (Å²) in [6.07, 6.45) is 6.76. The first-order valence-electron chi connectivity index (χ1n) is 7.36. The largest absolute Gasteiger partial charge is 0.353 e. The molecule has 1 aromatic heterocycles. The third-order valence-corrected chi connectivity index (χ3v) is 3.92. The van der Waals surface area contributed by atoms with E-state index in [0.717, 1.165) is 30.0 Å². The first-order chi connectivity index (χ1) is 10.1. The van der Waals surface area contributed by atoms with Crippen LogP contribution in [0.5, 0.6) is 0 Å². The highest BCUT2D eigenvalue weighted by Gasteiger charge is 2.17. The van der Waals surface area contributed by atoms with Crippen molar-refractivity contribution < 1.29 is 8.78 Å². The number of anilines is 1. The number of aryl methyl sites for hydroxylation is 1. The normalized spacial score (nSPS) is 15.6. The number of nitrogens with zero attached hydrogens (tertiary/aromatic N) is 2. The molecule has 0 spiro atoms. The van der Waals surface area contributed by atoms with Gasteiger partial charge in [-0.1, -0.05) is 18.9 Å². The third kappa shape index (κ3) is 3.23. The zero-order chi connectivity index (χ0) is 14.8. The second-order valence-electron chi connectivity index (χ2n) is 5.71. The lowest BCUT2D eigenvalue weighted by atomic mass is 10.2. The average Bonchev–Trinajstić information content (AvgIpc) is 3.05. The first-order valence-corrected chi connectivity index (χ1v) is 7.36. The fraction of sp³-hybridized carbons (Fsp3) is 0.438. The summed E-state index contributed by atoms with van der Waals surface area (Å²) in [6.45, 7) is 2.41. The summed E-state index contributed by atoms with van der Waals surface area (Å²) < 4.78 is 28.2. The molecule has 1 aliphatic rings. The van der Waals surface area contributed by atoms with E-state index < -0.39 is 11.6 Å². The number of aromatic nitrogens is 2. The molecule has 0 unspecified atom stereocenters. The minimum atomic E-state index is -0.815. The van der Waals surface area contributed by atoms with Gasteiger partial charge in [0.15, 0.2) is 11.6 Å². The lowest BCUT2D eigenvalue weighted by Crippen LogP contribution is -2.18. The Labute approximate surface area is 123 Å². The fourth-order valence-corrected chi connectivity index (χ4v) is 2.87. The lowest BCUT2D eigenvalue weighted by Gasteiger charge is -2.14. The Morgan fingerprint density at radius 3 is 2.71 bits per heavy atom. The van der Waals surface area contributed by atoms with E-state index in [1.54, 1.807) is 6.07 Å². The second-order valence-corrected chi connectivity index (χ2v) is 5.71. The number of hydrogen-bond acceptors (Lipinski definition) is 2. The molecule has 1 heterocycles. The topological polar surface area (TPSA) is 29.9 Å². The number of hydrogen-bond donors (Lipinski definition) is 1. The Morgan fingerprint density at radius 1 is 1.24 bits per heavy atom. The third-order valence-electron chi connectivity index (χ3n) is 3.92. The van der Waals surface area contributed by atoms with Gasteiger partial charge in [-0.25, -0.2) is 13.8 Å². The molecule has 21 heavy (non-hydrogen) atoms. The van der Waals surface area contributed by atoms with E-state index in [-0.39, 0.29) is 0 Å². The number of benzene rings is 1. The molecule has 1 aromatic carbocycles. The molecule has 0 saturated heterocycles. The van der Waals surface area contributed by atoms with Crippen molar-refractivity contribution in [2.45, 2.75) is 45.2 Å². The van der Waals surface area contributed by atoms with Gasteiger partial charge in [0.1, 0.15) is 0 Å². The number of rotatable bonds is 4. The highest BCUT2D eigenvalue weighted by Crippen LogP contribution is 2.22. The SMILES string of the molecule is Cc1cn(Cc2ccc(F)c(F)c2)c(NC2CCCC2)n1. The monoisotopic (exact) mass is 291 g/mol. The van der Waals surface area contributed by atoms with E-state index in [0.29, 0.717) is 12.6 Å². The van der Waals surface area contributed by atoms with Crippen molar-refractivity contribution in [3.05, 3.63) is 47.3 Å². The van der Waals surface area contributed by atoms with E-state index in [1.807, 2.05) is 17.7 Å². The minimum Gasteiger partial charge on any atom is -0.353 e. The molecule has 1 fully saturated rings. The molecule has 5 heteroatoms. The van der Waals surface area contributed by atoms with Gasteiger partial charge >= 0.3 is 0 Å². The number of halogens is 2. The van der Waals surface area contributed by atoms with Gasteiger partial charge in [-0.05, 0) is 37.5 Å². The molecule has 112 valence electrons. The van der Waals surface area contributed by atoms with Crippen LogP contribution in [0, 0.1) is 18.6 Å². The predicted octanol–water partition coefficient (Wildman–Crippen LogP) is 3.87. The highest BCUT2D eigenvalue weighted by molar-refractivity contribution is 5.32. The van der Waals surface area contributed by atoms with Crippen LogP contribution in [-0.2, 0) is 6.54 Å². The van der Waals surface area contributed by atoms with Gasteiger partial charge in [0.05, 0.1) is 12.2 Å². The molecule has 2 aromatic rings. The van der Waals surface area contributed by atoms with Crippen molar-refractivity contribution in [2.24, 2.45) is 0 Å². The van der Waals surface area contributed by atoms with Crippen molar-refractivity contribution in [1.29, 1.82) is 0 Å². The fourth-order valence-electron chi connectivity index (χ4n) is 2.87. The molecule has 1 N–H and O–H groups in total. The van der Waals surface area contributed by atoms with E-state index in [2.05, 4.69) is 10.3 Å². The standard InChI is InChI=1S/C16H19F2N3/c1-11-9-21(10-12-6-7-14(17)15(18)8-12)16(19-11)20-13-4-2-3-5-13/h6-9,13H,2-5,10H2,1H3,(H,19,20). The summed E-state index contributed by atoms with van der Waals surface area (Å²) in [6, 6.07) is 4.48. The van der Waals surface area contributed by atoms with Crippen LogP contribution in [-0.4, -0.2) is 15.6 Å². The average molecular weight is 291 g/mol. The molecular weight excluding hydrogens is 272 g/mol. The van der Waals surface area contributed by atoms with Crippen molar-refractivity contribution in [3.63, 3.8) is 0 Å². The molecule has 0 amide bonds. The summed E-state index contributed by atoms with van der Waals surface area (Å²) in [4.78, 5) is 4.49. The molecule has 0 radical (unpaired) electrons. The van der Waals surface area contributed by atoms with Gasteiger partial charge < -0.3 is 9.88 Å². The first kappa shape index (κ1) is 14.0. The maximum absolute atomic E-state index is 13.3. The quantitative estimate of drug-likeness (QED) is 0.926. The Morgan fingerprint density at radius 2 is 2.00 bits per heavy atom. The van der Waals surface area contributed by atoms with Crippen LogP contribution in [0.2, 0.25) is 0 Å². The maximum atomic E-state index is 13.3. The summed E-state index contributed by atoms with van der Waals surface area (Å²) in [7, 11) is 0. The van der Waals surface area contributed by atoms with Crippen LogP contribution in [0.25, 0.3) is 0 Å². The molecule has 3 rings (SSSR count). The zero-order valence-corrected chi connectivity index (χ0v) is 12.1. The van der Waals surface area contributed by atoms with E-state index in [4.69, 9.17) is 0 Å². The highest BCUT2D eigenvalue weighted by atomic mass is 19.2. The Balaban J connectivity index is 1.79. The Hall–Kier alpha value is -1.91. The van der Waals surface area contributed by atoms with Gasteiger partial charge in [-0.15, -0.1) is 0 Å². The second kappa shape index (κ2) is 5.84. The van der Waals surface area contributed by atoms with E-state index in [9.17, 15) is 8.78 Å². The van der Waals surface area contributed by atoms with E-state index >= 15 is 0 Å². The van der Waals surface area contributed by atoms with Crippen molar-refractivity contribution in [3.8, 4) is 0 Å². The summed E-state index contributed by atoms with van der Waals surface area (Å²) in [5.41, 5.74) is 1.64. The number of imidazole rings is 1. The smallest absolute Gasteiger partial charge is 0.203 e. The molecular formula is C16H19F2N3. The van der Waals surface area contributed by atoms with E-state index in [1.165, 1.54) is 25.0 Å². The van der Waals surface area contributed by atoms with Crippen LogP contribution >= 0.6 is 0 Å². The summed E-state index contributed by atoms with van der Waals surface area (Å²) >= 11 is 0. The van der Waals surface area contributed by atoms with Gasteiger partial charge in [0, 0.05) is 12.2 Å². The van der Waals surface area contributed by atoms with Crippen molar-refractivity contribution in [1.82, 2.24) is 9.55 Å². The van der Waals surface area contributed by atoms with Crippen LogP contribution in [0.1, 0.15) is 36.9 Å². The molecule has 1 saturated carbocycles. The van der Waals surface area contributed by atoms with Crippen LogP contribution in [0.3, 0.4) is 0 Å². The zero-order valence-electron chi connectivity index (χ0n) is 12.1. The Bertz CT molecular complexity index is 630. The van der Waals surface area contributed by atoms with Crippen LogP contribution < -0.4 is 5.32 Å². The minimum absolute atomic E-state index is 0.468. The molecule has 3 nitrogen and oxygen atoms in total. The summed E-state index contributed by atoms with van der Waals surface area (Å²) in [5.74, 6) is -0.816. The van der Waals surface area contributed by atoms with Crippen molar-refractivity contribution in [2.75, 3.05) is 5.32 Å². The predicted molar refractivity (Wildman–Crippen MR) is 78.3 cm³/mol. The van der Waals surface area contributed by atoms with Gasteiger partial charge in [-0.2, -0.15) is 0 Å². The molecule has 0 bridgehead atoms. The van der Waals surface area contributed by atoms with Crippen LogP contribution in [0.4, 0.5) is 14.7 Å². The van der Waals surface area contributed by atoms with Gasteiger partial charge in [0.25, 0.3) is 0 Å².